The standard InChI is InChI=1S/C22H26BrNO3S/c1-13-7-17(11-18(23)15(13)3)14(2)8-21(28)24-12-16-9-19(25-4)22(27-6)20(10-16)26-5/h7-11H,12H2,1-6H3,(H,24,28)/b14-8+. The van der Waals surface area contributed by atoms with Crippen LogP contribution >= 0.6 is 28.1 Å². The molecule has 2 rings (SSSR count). The van der Waals surface area contributed by atoms with Gasteiger partial charge in [-0.15, -0.1) is 0 Å². The fraction of sp³-hybridized carbons (Fsp3) is 0.318. The van der Waals surface area contributed by atoms with E-state index in [1.165, 1.54) is 11.1 Å². The molecule has 0 aromatic heterocycles. The van der Waals surface area contributed by atoms with Crippen LogP contribution in [0.25, 0.3) is 5.57 Å². The minimum absolute atomic E-state index is 0.552. The highest BCUT2D eigenvalue weighted by Gasteiger charge is 2.13. The number of methoxy groups -OCH3 is 3. The van der Waals surface area contributed by atoms with Gasteiger partial charge in [-0.1, -0.05) is 34.2 Å². The summed E-state index contributed by atoms with van der Waals surface area (Å²) in [4.78, 5) is 0.667. The quantitative estimate of drug-likeness (QED) is 0.426. The maximum atomic E-state index is 5.51. The topological polar surface area (TPSA) is 39.7 Å². The van der Waals surface area contributed by atoms with E-state index in [0.717, 1.165) is 21.2 Å². The van der Waals surface area contributed by atoms with Gasteiger partial charge in [0.15, 0.2) is 11.5 Å². The molecular formula is C22H26BrNO3S. The van der Waals surface area contributed by atoms with E-state index in [0.29, 0.717) is 28.8 Å². The Morgan fingerprint density at radius 1 is 1.04 bits per heavy atom. The van der Waals surface area contributed by atoms with Gasteiger partial charge >= 0.3 is 0 Å². The first-order valence-corrected chi connectivity index (χ1v) is 10.0. The number of hydrogen-bond acceptors (Lipinski definition) is 4. The van der Waals surface area contributed by atoms with Crippen molar-refractivity contribution >= 4 is 38.7 Å². The van der Waals surface area contributed by atoms with Gasteiger partial charge in [-0.2, -0.15) is 0 Å². The Kier molecular flexibility index (Phi) is 7.89. The van der Waals surface area contributed by atoms with Crippen molar-refractivity contribution in [2.75, 3.05) is 21.3 Å². The molecule has 0 amide bonds. The number of nitrogens with one attached hydrogen (secondary N) is 1. The highest BCUT2D eigenvalue weighted by atomic mass is 79.9. The summed E-state index contributed by atoms with van der Waals surface area (Å²) in [7, 11) is 4.80. The molecule has 0 aliphatic carbocycles. The molecule has 6 heteroatoms. The third-order valence-electron chi connectivity index (χ3n) is 4.60. The molecule has 0 saturated carbocycles. The number of thiocarbonyl (C=S) groups is 1. The monoisotopic (exact) mass is 463 g/mol. The Balaban J connectivity index is 2.15. The number of ether oxygens (including phenoxy) is 3. The molecule has 0 unspecified atom stereocenters. The normalized spacial score (nSPS) is 11.2. The molecule has 1 N–H and O–H groups in total. The van der Waals surface area contributed by atoms with Gasteiger partial charge in [-0.05, 0) is 72.9 Å². The van der Waals surface area contributed by atoms with E-state index in [9.17, 15) is 0 Å². The second-order valence-electron chi connectivity index (χ2n) is 6.48. The van der Waals surface area contributed by atoms with Crippen LogP contribution < -0.4 is 19.5 Å². The fourth-order valence-electron chi connectivity index (χ4n) is 2.80. The van der Waals surface area contributed by atoms with Crippen LogP contribution in [0, 0.1) is 13.8 Å². The van der Waals surface area contributed by atoms with Gasteiger partial charge < -0.3 is 19.5 Å². The zero-order chi connectivity index (χ0) is 20.8. The average molecular weight is 464 g/mol. The first-order chi connectivity index (χ1) is 13.3. The van der Waals surface area contributed by atoms with Crippen LogP contribution in [0.1, 0.15) is 29.2 Å². The van der Waals surface area contributed by atoms with Gasteiger partial charge in [-0.3, -0.25) is 0 Å². The van der Waals surface area contributed by atoms with Gasteiger partial charge in [0, 0.05) is 11.0 Å². The predicted molar refractivity (Wildman–Crippen MR) is 123 cm³/mol. The maximum absolute atomic E-state index is 5.51. The van der Waals surface area contributed by atoms with Crippen molar-refractivity contribution in [1.82, 2.24) is 5.32 Å². The molecule has 0 radical (unpaired) electrons. The van der Waals surface area contributed by atoms with Gasteiger partial charge in [0.2, 0.25) is 5.75 Å². The molecule has 0 aliphatic heterocycles. The summed E-state index contributed by atoms with van der Waals surface area (Å²) in [5.74, 6) is 1.82. The number of rotatable bonds is 7. The van der Waals surface area contributed by atoms with Crippen LogP contribution in [0.15, 0.2) is 34.8 Å². The second-order valence-corrected chi connectivity index (χ2v) is 7.77. The average Bonchev–Trinajstić information content (AvgIpc) is 2.68. The molecule has 150 valence electrons. The molecule has 0 spiro atoms. The smallest absolute Gasteiger partial charge is 0.203 e. The zero-order valence-corrected chi connectivity index (χ0v) is 19.5. The summed E-state index contributed by atoms with van der Waals surface area (Å²) in [6.45, 7) is 6.82. The Bertz CT molecular complexity index is 861. The Hall–Kier alpha value is -2.05. The second kappa shape index (κ2) is 9.94. The van der Waals surface area contributed by atoms with Gasteiger partial charge in [-0.25, -0.2) is 0 Å². The Labute approximate surface area is 181 Å². The molecule has 0 heterocycles. The predicted octanol–water partition coefficient (Wildman–Crippen LogP) is 5.61. The van der Waals surface area contributed by atoms with E-state index >= 15 is 0 Å². The molecule has 4 nitrogen and oxygen atoms in total. The van der Waals surface area contributed by atoms with E-state index in [1.54, 1.807) is 21.3 Å². The van der Waals surface area contributed by atoms with Gasteiger partial charge in [0.25, 0.3) is 0 Å². The third-order valence-corrected chi connectivity index (χ3v) is 5.68. The summed E-state index contributed by atoms with van der Waals surface area (Å²) in [5.41, 5.74) is 5.73. The fourth-order valence-corrected chi connectivity index (χ4v) is 3.61. The number of hydrogen-bond donors (Lipinski definition) is 1. The van der Waals surface area contributed by atoms with Crippen LogP contribution in [-0.2, 0) is 6.54 Å². The van der Waals surface area contributed by atoms with Crippen LogP contribution in [0.4, 0.5) is 0 Å². The van der Waals surface area contributed by atoms with Crippen molar-refractivity contribution in [3.63, 3.8) is 0 Å². The van der Waals surface area contributed by atoms with Crippen LogP contribution in [0.2, 0.25) is 0 Å². The minimum atomic E-state index is 0.552. The Morgan fingerprint density at radius 2 is 1.64 bits per heavy atom. The van der Waals surface area contributed by atoms with Crippen molar-refractivity contribution in [3.8, 4) is 17.2 Å². The lowest BCUT2D eigenvalue weighted by Crippen LogP contribution is -2.19. The molecule has 0 bridgehead atoms. The van der Waals surface area contributed by atoms with Crippen molar-refractivity contribution in [3.05, 3.63) is 57.1 Å². The van der Waals surface area contributed by atoms with Crippen molar-refractivity contribution in [2.45, 2.75) is 27.3 Å². The molecule has 0 saturated heterocycles. The first-order valence-electron chi connectivity index (χ1n) is 8.82. The number of benzene rings is 2. The van der Waals surface area contributed by atoms with E-state index in [4.69, 9.17) is 26.4 Å². The number of aryl methyl sites for hydroxylation is 1. The first kappa shape index (κ1) is 22.2. The molecule has 2 aromatic rings. The number of allylic oxidation sites excluding steroid dienone is 1. The molecule has 0 aliphatic rings. The van der Waals surface area contributed by atoms with Crippen LogP contribution in [0.3, 0.4) is 0 Å². The largest absolute Gasteiger partial charge is 0.493 e. The summed E-state index contributed by atoms with van der Waals surface area (Å²) in [5, 5.41) is 3.27. The molecule has 2 aromatic carbocycles. The van der Waals surface area contributed by atoms with Crippen LogP contribution in [0.5, 0.6) is 17.2 Å². The van der Waals surface area contributed by atoms with E-state index in [-0.39, 0.29) is 0 Å². The summed E-state index contributed by atoms with van der Waals surface area (Å²) in [6, 6.07) is 8.12. The van der Waals surface area contributed by atoms with Gasteiger partial charge in [0.1, 0.15) is 0 Å². The molecule has 28 heavy (non-hydrogen) atoms. The Morgan fingerprint density at radius 3 is 2.14 bits per heavy atom. The van der Waals surface area contributed by atoms with Crippen LogP contribution in [-0.4, -0.2) is 26.3 Å². The summed E-state index contributed by atoms with van der Waals surface area (Å²) < 4.78 is 17.3. The molecular weight excluding hydrogens is 438 g/mol. The number of halogens is 1. The lowest BCUT2D eigenvalue weighted by Gasteiger charge is -2.15. The van der Waals surface area contributed by atoms with E-state index in [2.05, 4.69) is 54.2 Å². The lowest BCUT2D eigenvalue weighted by atomic mass is 10.0. The van der Waals surface area contributed by atoms with Crippen molar-refractivity contribution in [1.29, 1.82) is 0 Å². The zero-order valence-electron chi connectivity index (χ0n) is 17.1. The minimum Gasteiger partial charge on any atom is -0.493 e. The summed E-state index contributed by atoms with van der Waals surface area (Å²) in [6.07, 6.45) is 1.98. The molecule has 0 atom stereocenters. The lowest BCUT2D eigenvalue weighted by molar-refractivity contribution is 0.323. The maximum Gasteiger partial charge on any atom is 0.203 e. The highest BCUT2D eigenvalue weighted by molar-refractivity contribution is 9.10. The third kappa shape index (κ3) is 5.26. The van der Waals surface area contributed by atoms with Gasteiger partial charge in [0.05, 0.1) is 26.3 Å². The SMILES string of the molecule is COc1cc(CNC(=S)/C=C(\C)c2cc(C)c(C)c(Br)c2)cc(OC)c1OC. The van der Waals surface area contributed by atoms with E-state index < -0.39 is 0 Å². The molecule has 0 fully saturated rings. The van der Waals surface area contributed by atoms with E-state index in [1.807, 2.05) is 18.2 Å². The van der Waals surface area contributed by atoms with Crippen molar-refractivity contribution < 1.29 is 14.2 Å². The van der Waals surface area contributed by atoms with Crippen molar-refractivity contribution in [2.24, 2.45) is 0 Å². The summed E-state index contributed by atoms with van der Waals surface area (Å²) >= 11 is 9.13. The highest BCUT2D eigenvalue weighted by Crippen LogP contribution is 2.38.